The van der Waals surface area contributed by atoms with Crippen molar-refractivity contribution in [1.82, 2.24) is 19.7 Å². The molecule has 1 unspecified atom stereocenters. The lowest BCUT2D eigenvalue weighted by atomic mass is 9.86. The van der Waals surface area contributed by atoms with Gasteiger partial charge in [-0.2, -0.15) is 9.78 Å². The van der Waals surface area contributed by atoms with Crippen LogP contribution >= 0.6 is 0 Å². The molecule has 0 radical (unpaired) electrons. The summed E-state index contributed by atoms with van der Waals surface area (Å²) in [5.74, 6) is -1.66. The summed E-state index contributed by atoms with van der Waals surface area (Å²) in [6.07, 6.45) is 2.46. The number of nitrogens with zero attached hydrogens (tertiary/aromatic N) is 3. The second-order valence-corrected chi connectivity index (χ2v) is 7.85. The normalized spacial score (nSPS) is 15.4. The number of halogens is 1. The van der Waals surface area contributed by atoms with Gasteiger partial charge in [0.2, 0.25) is 5.91 Å². The van der Waals surface area contributed by atoms with Crippen LogP contribution in [0.15, 0.2) is 70.0 Å². The molecule has 1 aliphatic heterocycles. The zero-order chi connectivity index (χ0) is 24.4. The van der Waals surface area contributed by atoms with Gasteiger partial charge in [-0.25, -0.2) is 9.18 Å². The molecule has 0 fully saturated rings. The Morgan fingerprint density at radius 2 is 1.91 bits per heavy atom. The van der Waals surface area contributed by atoms with E-state index in [0.717, 1.165) is 21.0 Å². The van der Waals surface area contributed by atoms with Crippen molar-refractivity contribution in [3.63, 3.8) is 0 Å². The van der Waals surface area contributed by atoms with Gasteiger partial charge < -0.3 is 10.6 Å². The van der Waals surface area contributed by atoms with Gasteiger partial charge in [-0.15, -0.1) is 0 Å². The number of benzene rings is 2. The molecule has 10 heteroatoms. The average Bonchev–Trinajstić information content (AvgIpc) is 2.81. The number of nitrogens with one attached hydrogen (secondary N) is 2. The van der Waals surface area contributed by atoms with Gasteiger partial charge in [0.15, 0.2) is 0 Å². The zero-order valence-corrected chi connectivity index (χ0v) is 18.5. The fourth-order valence-corrected chi connectivity index (χ4v) is 3.80. The van der Waals surface area contributed by atoms with Gasteiger partial charge in [0.1, 0.15) is 12.0 Å². The molecular formula is C24H22FN5O4. The summed E-state index contributed by atoms with van der Waals surface area (Å²) in [5.41, 5.74) is 1.39. The van der Waals surface area contributed by atoms with Crippen LogP contribution in [0, 0.1) is 12.7 Å². The Morgan fingerprint density at radius 3 is 2.62 bits per heavy atom. The number of aryl methyl sites for hydroxylation is 1. The van der Waals surface area contributed by atoms with E-state index < -0.39 is 28.9 Å². The summed E-state index contributed by atoms with van der Waals surface area (Å²) in [4.78, 5) is 49.7. The van der Waals surface area contributed by atoms with Crippen LogP contribution in [-0.4, -0.2) is 26.2 Å². The molecule has 0 aliphatic carbocycles. The van der Waals surface area contributed by atoms with Crippen LogP contribution in [0.4, 0.5) is 10.1 Å². The third-order valence-corrected chi connectivity index (χ3v) is 5.68. The highest BCUT2D eigenvalue weighted by molar-refractivity contribution is 6.06. The van der Waals surface area contributed by atoms with Crippen LogP contribution in [0.3, 0.4) is 0 Å². The van der Waals surface area contributed by atoms with Crippen LogP contribution in [0.1, 0.15) is 30.4 Å². The lowest BCUT2D eigenvalue weighted by molar-refractivity contribution is -0.121. The molecule has 2 aromatic carbocycles. The van der Waals surface area contributed by atoms with Crippen molar-refractivity contribution in [3.05, 3.63) is 98.2 Å². The summed E-state index contributed by atoms with van der Waals surface area (Å²) in [6.45, 7) is 3.67. The molecule has 1 aromatic heterocycles. The van der Waals surface area contributed by atoms with Crippen LogP contribution in [0.2, 0.25) is 0 Å². The van der Waals surface area contributed by atoms with Crippen LogP contribution in [0.5, 0.6) is 0 Å². The molecular weight excluding hydrogens is 441 g/mol. The maximum absolute atomic E-state index is 13.4. The van der Waals surface area contributed by atoms with E-state index in [-0.39, 0.29) is 18.9 Å². The molecule has 1 atom stereocenters. The molecule has 174 valence electrons. The summed E-state index contributed by atoms with van der Waals surface area (Å²) in [6, 6.07) is 10.6. The van der Waals surface area contributed by atoms with Crippen molar-refractivity contribution in [2.45, 2.75) is 32.7 Å². The number of amides is 2. The first kappa shape index (κ1) is 22.8. The van der Waals surface area contributed by atoms with E-state index >= 15 is 0 Å². The molecule has 4 rings (SSSR count). The van der Waals surface area contributed by atoms with E-state index in [0.29, 0.717) is 22.5 Å². The van der Waals surface area contributed by atoms with Crippen molar-refractivity contribution in [2.24, 2.45) is 0 Å². The van der Waals surface area contributed by atoms with Crippen LogP contribution in [0.25, 0.3) is 5.69 Å². The standard InChI is InChI=1S/C24H22FN5O4/c1-3-29-22(32)13-27-30(24(29)34)17-9-4-14(2)20(10-17)28-23(33)19-12-26-21(31)11-18(19)15-5-7-16(25)8-6-15/h4-10,12-13,18H,3,11H2,1-2H3,(H,26,31)(H,28,33). The number of carbonyl (C=O) groups excluding carboxylic acids is 2. The highest BCUT2D eigenvalue weighted by atomic mass is 19.1. The van der Waals surface area contributed by atoms with Gasteiger partial charge in [0.25, 0.3) is 11.5 Å². The molecule has 1 aliphatic rings. The Hall–Kier alpha value is -4.34. The number of hydrogen-bond acceptors (Lipinski definition) is 5. The summed E-state index contributed by atoms with van der Waals surface area (Å²) < 4.78 is 15.5. The lowest BCUT2D eigenvalue weighted by Crippen LogP contribution is -2.39. The van der Waals surface area contributed by atoms with Crippen LogP contribution in [-0.2, 0) is 16.1 Å². The Balaban J connectivity index is 1.67. The monoisotopic (exact) mass is 463 g/mol. The minimum Gasteiger partial charge on any atom is -0.332 e. The molecule has 0 saturated carbocycles. The lowest BCUT2D eigenvalue weighted by Gasteiger charge is -2.24. The fraction of sp³-hybridized carbons (Fsp3) is 0.208. The summed E-state index contributed by atoms with van der Waals surface area (Å²) >= 11 is 0. The third-order valence-electron chi connectivity index (χ3n) is 5.68. The molecule has 9 nitrogen and oxygen atoms in total. The maximum Gasteiger partial charge on any atom is 0.352 e. The maximum atomic E-state index is 13.4. The Morgan fingerprint density at radius 1 is 1.18 bits per heavy atom. The van der Waals surface area contributed by atoms with Gasteiger partial charge in [-0.05, 0) is 49.2 Å². The van der Waals surface area contributed by atoms with Gasteiger partial charge in [-0.3, -0.25) is 19.0 Å². The van der Waals surface area contributed by atoms with Crippen molar-refractivity contribution >= 4 is 17.5 Å². The summed E-state index contributed by atoms with van der Waals surface area (Å²) in [7, 11) is 0. The van der Waals surface area contributed by atoms with E-state index in [9.17, 15) is 23.6 Å². The van der Waals surface area contributed by atoms with Gasteiger partial charge >= 0.3 is 5.69 Å². The van der Waals surface area contributed by atoms with Crippen LogP contribution < -0.4 is 21.9 Å². The minimum absolute atomic E-state index is 0.0434. The number of anilines is 1. The SMILES string of the molecule is CCn1c(=O)cnn(-c2ccc(C)c(NC(=O)C3=CNC(=O)CC3c3ccc(F)cc3)c2)c1=O. The zero-order valence-electron chi connectivity index (χ0n) is 18.5. The van der Waals surface area contributed by atoms with Crippen molar-refractivity contribution in [3.8, 4) is 5.69 Å². The molecule has 2 heterocycles. The second kappa shape index (κ2) is 9.26. The van der Waals surface area contributed by atoms with Crippen molar-refractivity contribution in [2.75, 3.05) is 5.32 Å². The molecule has 2 N–H and O–H groups in total. The Labute approximate surface area is 193 Å². The second-order valence-electron chi connectivity index (χ2n) is 7.85. The van der Waals surface area contributed by atoms with Gasteiger partial charge in [-0.1, -0.05) is 18.2 Å². The molecule has 0 saturated heterocycles. The highest BCUT2D eigenvalue weighted by Crippen LogP contribution is 2.31. The predicted octanol–water partition coefficient (Wildman–Crippen LogP) is 1.99. The smallest absolute Gasteiger partial charge is 0.332 e. The first-order chi connectivity index (χ1) is 16.3. The van der Waals surface area contributed by atoms with Gasteiger partial charge in [0.05, 0.1) is 5.69 Å². The van der Waals surface area contributed by atoms with E-state index in [2.05, 4.69) is 15.7 Å². The molecule has 0 bridgehead atoms. The van der Waals surface area contributed by atoms with E-state index in [1.54, 1.807) is 44.2 Å². The largest absolute Gasteiger partial charge is 0.352 e. The topological polar surface area (TPSA) is 115 Å². The summed E-state index contributed by atoms with van der Waals surface area (Å²) in [5, 5.41) is 9.33. The molecule has 3 aromatic rings. The Bertz CT molecular complexity index is 1420. The quantitative estimate of drug-likeness (QED) is 0.601. The molecule has 34 heavy (non-hydrogen) atoms. The Kier molecular flexibility index (Phi) is 6.22. The predicted molar refractivity (Wildman–Crippen MR) is 123 cm³/mol. The van der Waals surface area contributed by atoms with E-state index in [1.165, 1.54) is 18.3 Å². The minimum atomic E-state index is -0.592. The number of aromatic nitrogens is 3. The number of carbonyl (C=O) groups is 2. The van der Waals surface area contributed by atoms with E-state index in [1.807, 2.05) is 0 Å². The highest BCUT2D eigenvalue weighted by Gasteiger charge is 2.29. The van der Waals surface area contributed by atoms with Crippen molar-refractivity contribution in [1.29, 1.82) is 0 Å². The molecule has 0 spiro atoms. The molecule has 2 amide bonds. The first-order valence-corrected chi connectivity index (χ1v) is 10.6. The first-order valence-electron chi connectivity index (χ1n) is 10.6. The fourth-order valence-electron chi connectivity index (χ4n) is 3.80. The average molecular weight is 463 g/mol. The third kappa shape index (κ3) is 4.42. The van der Waals surface area contributed by atoms with E-state index in [4.69, 9.17) is 0 Å². The van der Waals surface area contributed by atoms with Gasteiger partial charge in [0, 0.05) is 36.3 Å². The van der Waals surface area contributed by atoms with Crippen molar-refractivity contribution < 1.29 is 14.0 Å². The number of hydrogen-bond donors (Lipinski definition) is 2. The number of rotatable bonds is 5.